The van der Waals surface area contributed by atoms with Crippen LogP contribution in [0.25, 0.3) is 0 Å². The van der Waals surface area contributed by atoms with Crippen molar-refractivity contribution in [2.75, 3.05) is 18.0 Å². The van der Waals surface area contributed by atoms with Gasteiger partial charge < -0.3 is 15.0 Å². The fourth-order valence-electron chi connectivity index (χ4n) is 2.53. The van der Waals surface area contributed by atoms with Gasteiger partial charge in [-0.05, 0) is 51.8 Å². The minimum Gasteiger partial charge on any atom is -0.444 e. The summed E-state index contributed by atoms with van der Waals surface area (Å²) >= 11 is 3.26. The lowest BCUT2D eigenvalue weighted by molar-refractivity contribution is 0.0500. The predicted octanol–water partition coefficient (Wildman–Crippen LogP) is 4.08. The molecule has 0 aromatic heterocycles. The second-order valence-electron chi connectivity index (χ2n) is 6.53. The predicted molar refractivity (Wildman–Crippen MR) is 88.7 cm³/mol. The standard InChI is InChI=1S/C16H22BrFN2O2/c1-16(2,3)22-15(21)19-12-5-4-8-20(10-12)14-7-6-11(17)9-13(14)18/h6-7,9,12H,4-5,8,10H2,1-3H3,(H,19,21)/t12-/m0/s1. The molecule has 1 atom stereocenters. The van der Waals surface area contributed by atoms with Gasteiger partial charge in [-0.25, -0.2) is 9.18 Å². The summed E-state index contributed by atoms with van der Waals surface area (Å²) in [5, 5.41) is 2.87. The molecule has 22 heavy (non-hydrogen) atoms. The van der Waals surface area contributed by atoms with Gasteiger partial charge in [0.15, 0.2) is 0 Å². The maximum Gasteiger partial charge on any atom is 0.407 e. The summed E-state index contributed by atoms with van der Waals surface area (Å²) in [7, 11) is 0. The zero-order valence-corrected chi connectivity index (χ0v) is 14.7. The van der Waals surface area contributed by atoms with Crippen LogP contribution in [0.4, 0.5) is 14.9 Å². The van der Waals surface area contributed by atoms with Crippen molar-refractivity contribution in [3.05, 3.63) is 28.5 Å². The molecule has 1 aromatic carbocycles. The van der Waals surface area contributed by atoms with Crippen molar-refractivity contribution in [2.45, 2.75) is 45.3 Å². The highest BCUT2D eigenvalue weighted by molar-refractivity contribution is 9.10. The minimum atomic E-state index is -0.518. The van der Waals surface area contributed by atoms with Crippen molar-refractivity contribution in [1.29, 1.82) is 0 Å². The Morgan fingerprint density at radius 3 is 2.82 bits per heavy atom. The van der Waals surface area contributed by atoms with Crippen LogP contribution >= 0.6 is 15.9 Å². The minimum absolute atomic E-state index is 0.0355. The number of ether oxygens (including phenoxy) is 1. The van der Waals surface area contributed by atoms with Crippen molar-refractivity contribution in [3.63, 3.8) is 0 Å². The molecular weight excluding hydrogens is 351 g/mol. The molecule has 1 aliphatic heterocycles. The number of nitrogens with zero attached hydrogens (tertiary/aromatic N) is 1. The fraction of sp³-hybridized carbons (Fsp3) is 0.562. The van der Waals surface area contributed by atoms with Crippen LogP contribution in [0, 0.1) is 5.82 Å². The third kappa shape index (κ3) is 4.87. The van der Waals surface area contributed by atoms with E-state index >= 15 is 0 Å². The van der Waals surface area contributed by atoms with Crippen LogP contribution in [0.3, 0.4) is 0 Å². The van der Waals surface area contributed by atoms with Crippen molar-refractivity contribution >= 4 is 27.7 Å². The van der Waals surface area contributed by atoms with Crippen molar-refractivity contribution < 1.29 is 13.9 Å². The lowest BCUT2D eigenvalue weighted by atomic mass is 10.0. The number of amides is 1. The first-order valence-corrected chi connectivity index (χ1v) is 8.23. The number of halogens is 2. The Morgan fingerprint density at radius 1 is 1.45 bits per heavy atom. The van der Waals surface area contributed by atoms with Crippen molar-refractivity contribution in [2.24, 2.45) is 0 Å². The molecular formula is C16H22BrFN2O2. The molecule has 0 radical (unpaired) electrons. The number of hydrogen-bond acceptors (Lipinski definition) is 3. The topological polar surface area (TPSA) is 41.6 Å². The molecule has 2 rings (SSSR count). The fourth-order valence-corrected chi connectivity index (χ4v) is 2.86. The summed E-state index contributed by atoms with van der Waals surface area (Å²) in [5.41, 5.74) is 0.0508. The smallest absolute Gasteiger partial charge is 0.407 e. The zero-order valence-electron chi connectivity index (χ0n) is 13.2. The lowest BCUT2D eigenvalue weighted by Crippen LogP contribution is -2.49. The first kappa shape index (κ1) is 17.1. The summed E-state index contributed by atoms with van der Waals surface area (Å²) in [4.78, 5) is 13.8. The largest absolute Gasteiger partial charge is 0.444 e. The van der Waals surface area contributed by atoms with Crippen LogP contribution in [0.2, 0.25) is 0 Å². The molecule has 1 saturated heterocycles. The average Bonchev–Trinajstić information content (AvgIpc) is 2.36. The number of nitrogens with one attached hydrogen (secondary N) is 1. The van der Waals surface area contributed by atoms with Gasteiger partial charge in [-0.2, -0.15) is 0 Å². The van der Waals surface area contributed by atoms with Crippen LogP contribution in [0.15, 0.2) is 22.7 Å². The molecule has 0 bridgehead atoms. The first-order chi connectivity index (χ1) is 10.2. The van der Waals surface area contributed by atoms with E-state index in [2.05, 4.69) is 21.2 Å². The van der Waals surface area contributed by atoms with Crippen LogP contribution < -0.4 is 10.2 Å². The van der Waals surface area contributed by atoms with Gasteiger partial charge >= 0.3 is 6.09 Å². The summed E-state index contributed by atoms with van der Waals surface area (Å²) in [6.07, 6.45) is 1.35. The highest BCUT2D eigenvalue weighted by Crippen LogP contribution is 2.26. The summed E-state index contributed by atoms with van der Waals surface area (Å²) in [5.74, 6) is -0.257. The maximum absolute atomic E-state index is 14.1. The van der Waals surface area contributed by atoms with E-state index in [1.807, 2.05) is 31.7 Å². The second kappa shape index (κ2) is 6.86. The Labute approximate surface area is 139 Å². The molecule has 0 saturated carbocycles. The SMILES string of the molecule is CC(C)(C)OC(=O)N[C@H]1CCCN(c2ccc(Br)cc2F)C1. The molecule has 1 N–H and O–H groups in total. The number of hydrogen-bond donors (Lipinski definition) is 1. The second-order valence-corrected chi connectivity index (χ2v) is 7.44. The average molecular weight is 373 g/mol. The summed E-state index contributed by atoms with van der Waals surface area (Å²) < 4.78 is 20.1. The van der Waals surface area contributed by atoms with E-state index in [0.717, 1.165) is 19.4 Å². The Balaban J connectivity index is 1.98. The molecule has 0 unspecified atom stereocenters. The molecule has 6 heteroatoms. The number of piperidine rings is 1. The third-order valence-electron chi connectivity index (χ3n) is 3.39. The van der Waals surface area contributed by atoms with Crippen molar-refractivity contribution in [3.8, 4) is 0 Å². The highest BCUT2D eigenvalue weighted by atomic mass is 79.9. The van der Waals surface area contributed by atoms with Crippen LogP contribution in [-0.2, 0) is 4.74 Å². The van der Waals surface area contributed by atoms with Gasteiger partial charge in [0.05, 0.1) is 5.69 Å². The van der Waals surface area contributed by atoms with E-state index in [1.165, 1.54) is 6.07 Å². The Morgan fingerprint density at radius 2 is 2.18 bits per heavy atom. The Kier molecular flexibility index (Phi) is 5.32. The zero-order chi connectivity index (χ0) is 16.3. The van der Waals surface area contributed by atoms with Gasteiger partial charge in [-0.15, -0.1) is 0 Å². The number of benzene rings is 1. The van der Waals surface area contributed by atoms with E-state index in [1.54, 1.807) is 6.07 Å². The third-order valence-corrected chi connectivity index (χ3v) is 3.89. The van der Waals surface area contributed by atoms with Crippen LogP contribution in [0.5, 0.6) is 0 Å². The van der Waals surface area contributed by atoms with E-state index in [0.29, 0.717) is 16.7 Å². The van der Waals surface area contributed by atoms with Gasteiger partial charge in [0.25, 0.3) is 0 Å². The molecule has 1 aromatic rings. The number of alkyl carbamates (subject to hydrolysis) is 1. The summed E-state index contributed by atoms with van der Waals surface area (Å²) in [6, 6.07) is 5.00. The quantitative estimate of drug-likeness (QED) is 0.850. The van der Waals surface area contributed by atoms with Gasteiger partial charge in [0.2, 0.25) is 0 Å². The van der Waals surface area contributed by atoms with Crippen molar-refractivity contribution in [1.82, 2.24) is 5.32 Å². The monoisotopic (exact) mass is 372 g/mol. The number of anilines is 1. The van der Waals surface area contributed by atoms with E-state index < -0.39 is 11.7 Å². The molecule has 0 spiro atoms. The van der Waals surface area contributed by atoms with E-state index in [4.69, 9.17) is 4.74 Å². The van der Waals surface area contributed by atoms with Gasteiger partial charge in [-0.3, -0.25) is 0 Å². The molecule has 0 aliphatic carbocycles. The molecule has 1 fully saturated rings. The van der Waals surface area contributed by atoms with Gasteiger partial charge in [0.1, 0.15) is 11.4 Å². The van der Waals surface area contributed by atoms with E-state index in [-0.39, 0.29) is 11.9 Å². The number of rotatable bonds is 2. The van der Waals surface area contributed by atoms with Gasteiger partial charge in [0, 0.05) is 23.6 Å². The first-order valence-electron chi connectivity index (χ1n) is 7.44. The normalized spacial score (nSPS) is 19.0. The molecule has 122 valence electrons. The highest BCUT2D eigenvalue weighted by Gasteiger charge is 2.25. The number of carbonyl (C=O) groups is 1. The maximum atomic E-state index is 14.1. The molecule has 4 nitrogen and oxygen atoms in total. The molecule has 1 aliphatic rings. The molecule has 1 heterocycles. The van der Waals surface area contributed by atoms with Gasteiger partial charge in [-0.1, -0.05) is 15.9 Å². The number of carbonyl (C=O) groups excluding carboxylic acids is 1. The van der Waals surface area contributed by atoms with E-state index in [9.17, 15) is 9.18 Å². The summed E-state index contributed by atoms with van der Waals surface area (Å²) in [6.45, 7) is 6.85. The van der Waals surface area contributed by atoms with Crippen LogP contribution in [0.1, 0.15) is 33.6 Å². The van der Waals surface area contributed by atoms with Crippen LogP contribution in [-0.4, -0.2) is 30.8 Å². The Bertz CT molecular complexity index is 545. The Hall–Kier alpha value is -1.30. The molecule has 1 amide bonds. The lowest BCUT2D eigenvalue weighted by Gasteiger charge is -2.35.